The number of aliphatic carboxylic acids is 1. The van der Waals surface area contributed by atoms with Gasteiger partial charge in [0.25, 0.3) is 0 Å². The average molecular weight is 307 g/mol. The lowest BCUT2D eigenvalue weighted by atomic mass is 9.89. The van der Waals surface area contributed by atoms with Gasteiger partial charge >= 0.3 is 5.97 Å². The number of carboxylic acids is 1. The van der Waals surface area contributed by atoms with Gasteiger partial charge < -0.3 is 15.9 Å². The Bertz CT molecular complexity index is 408. The van der Waals surface area contributed by atoms with Gasteiger partial charge in [0.15, 0.2) is 0 Å². The van der Waals surface area contributed by atoms with Crippen molar-refractivity contribution in [3.8, 4) is 0 Å². The molecule has 3 rings (SSSR count). The van der Waals surface area contributed by atoms with Crippen LogP contribution in [0.3, 0.4) is 0 Å². The smallest absolute Gasteiger partial charge is 0.313 e. The van der Waals surface area contributed by atoms with Gasteiger partial charge in [-0.05, 0) is 30.9 Å². The third-order valence-corrected chi connectivity index (χ3v) is 4.56. The van der Waals surface area contributed by atoms with Crippen LogP contribution in [0.15, 0.2) is 30.3 Å². The topological polar surface area (TPSA) is 83.6 Å². The summed E-state index contributed by atoms with van der Waals surface area (Å²) < 4.78 is 0. The number of benzene rings is 1. The molecule has 1 aromatic carbocycles. The quantitative estimate of drug-likeness (QED) is 0.801. The number of fused-ring (bicyclic) bond motifs is 2. The van der Waals surface area contributed by atoms with Gasteiger partial charge in [0.1, 0.15) is 5.92 Å². The van der Waals surface area contributed by atoms with Crippen molar-refractivity contribution in [2.24, 2.45) is 17.6 Å². The number of carboxylic acid groups (broad SMARTS) is 1. The summed E-state index contributed by atoms with van der Waals surface area (Å²) in [6.45, 7) is -0.362. The number of rotatable bonds is 3. The van der Waals surface area contributed by atoms with Crippen molar-refractivity contribution in [3.63, 3.8) is 0 Å². The van der Waals surface area contributed by atoms with Gasteiger partial charge in [0.05, 0.1) is 6.61 Å². The van der Waals surface area contributed by atoms with Gasteiger partial charge in [0, 0.05) is 0 Å². The molecular weight excluding hydrogens is 278 g/mol. The molecule has 0 amide bonds. The zero-order valence-electron chi connectivity index (χ0n) is 13.4. The van der Waals surface area contributed by atoms with Gasteiger partial charge in [0.2, 0.25) is 0 Å². The van der Waals surface area contributed by atoms with E-state index in [-0.39, 0.29) is 6.61 Å². The fourth-order valence-corrected chi connectivity index (χ4v) is 3.41. The SMILES string of the molecule is C1CC2CCC(C1)C2.CN.O=C(O)C(CO)c1ccccc1. The minimum absolute atomic E-state index is 0.362. The first-order chi connectivity index (χ1) is 10.7. The molecule has 1 aromatic rings. The molecule has 4 heteroatoms. The molecule has 2 bridgehead atoms. The van der Waals surface area contributed by atoms with Crippen LogP contribution in [0.5, 0.6) is 0 Å². The molecule has 0 aliphatic heterocycles. The summed E-state index contributed by atoms with van der Waals surface area (Å²) in [5, 5.41) is 17.4. The van der Waals surface area contributed by atoms with E-state index in [9.17, 15) is 4.79 Å². The number of hydrogen-bond acceptors (Lipinski definition) is 3. The Hall–Kier alpha value is -1.39. The fourth-order valence-electron chi connectivity index (χ4n) is 3.41. The average Bonchev–Trinajstić information content (AvgIpc) is 2.89. The third-order valence-electron chi connectivity index (χ3n) is 4.56. The van der Waals surface area contributed by atoms with E-state index < -0.39 is 11.9 Å². The largest absolute Gasteiger partial charge is 0.481 e. The van der Waals surface area contributed by atoms with Crippen molar-refractivity contribution >= 4 is 5.97 Å². The molecule has 4 N–H and O–H groups in total. The second-order valence-corrected chi connectivity index (χ2v) is 5.96. The molecule has 0 heterocycles. The van der Waals surface area contributed by atoms with Crippen LogP contribution in [0.2, 0.25) is 0 Å². The summed E-state index contributed by atoms with van der Waals surface area (Å²) in [4.78, 5) is 10.6. The van der Waals surface area contributed by atoms with E-state index in [0.29, 0.717) is 5.56 Å². The van der Waals surface area contributed by atoms with Crippen LogP contribution in [0, 0.1) is 11.8 Å². The normalized spacial score (nSPS) is 23.4. The maximum absolute atomic E-state index is 10.6. The van der Waals surface area contributed by atoms with Gasteiger partial charge in [-0.3, -0.25) is 4.79 Å². The van der Waals surface area contributed by atoms with E-state index in [0.717, 1.165) is 11.8 Å². The van der Waals surface area contributed by atoms with Crippen LogP contribution in [-0.2, 0) is 4.79 Å². The molecule has 0 spiro atoms. The molecular formula is C18H29NO3. The van der Waals surface area contributed by atoms with Crippen LogP contribution >= 0.6 is 0 Å². The molecule has 3 unspecified atom stereocenters. The minimum Gasteiger partial charge on any atom is -0.481 e. The summed E-state index contributed by atoms with van der Waals surface area (Å²) in [6.07, 6.45) is 9.34. The lowest BCUT2D eigenvalue weighted by molar-refractivity contribution is -0.139. The molecule has 22 heavy (non-hydrogen) atoms. The van der Waals surface area contributed by atoms with E-state index in [1.165, 1.54) is 13.5 Å². The van der Waals surface area contributed by atoms with E-state index in [1.54, 1.807) is 62.4 Å². The predicted molar refractivity (Wildman–Crippen MR) is 88.7 cm³/mol. The highest BCUT2D eigenvalue weighted by atomic mass is 16.4. The second kappa shape index (κ2) is 10.4. The number of aliphatic hydroxyl groups excluding tert-OH is 1. The Kier molecular flexibility index (Phi) is 8.78. The van der Waals surface area contributed by atoms with Crippen LogP contribution in [0.25, 0.3) is 0 Å². The monoisotopic (exact) mass is 307 g/mol. The second-order valence-electron chi connectivity index (χ2n) is 5.96. The Labute approximate surface area is 133 Å². The summed E-state index contributed by atoms with van der Waals surface area (Å²) in [7, 11) is 1.50. The predicted octanol–water partition coefficient (Wildman–Crippen LogP) is 3.01. The highest BCUT2D eigenvalue weighted by molar-refractivity contribution is 5.76. The first-order valence-corrected chi connectivity index (χ1v) is 8.17. The number of nitrogens with two attached hydrogens (primary N) is 1. The number of carbonyl (C=O) groups is 1. The zero-order chi connectivity index (χ0) is 16.4. The van der Waals surface area contributed by atoms with Crippen LogP contribution < -0.4 is 5.73 Å². The molecule has 2 aliphatic rings. The van der Waals surface area contributed by atoms with Crippen molar-refractivity contribution in [1.82, 2.24) is 0 Å². The third kappa shape index (κ3) is 5.78. The number of aliphatic hydroxyl groups is 1. The fraction of sp³-hybridized carbons (Fsp3) is 0.611. The molecule has 2 aliphatic carbocycles. The molecule has 4 nitrogen and oxygen atoms in total. The first-order valence-electron chi connectivity index (χ1n) is 8.17. The Morgan fingerprint density at radius 2 is 1.68 bits per heavy atom. The standard InChI is InChI=1S/C9H10O3.C8H14.CH5N/c10-6-8(9(11)12)7-4-2-1-3-5-7;1-2-7-4-5-8(3-1)6-7;1-2/h1-5,8,10H,6H2,(H,11,12);7-8H,1-6H2;2H2,1H3. The first kappa shape index (κ1) is 18.7. The van der Waals surface area contributed by atoms with Crippen molar-refractivity contribution in [1.29, 1.82) is 0 Å². The highest BCUT2D eigenvalue weighted by Gasteiger charge is 2.27. The lowest BCUT2D eigenvalue weighted by Gasteiger charge is -2.16. The number of hydrogen-bond donors (Lipinski definition) is 3. The summed E-state index contributed by atoms with van der Waals surface area (Å²) in [5.41, 5.74) is 5.13. The van der Waals surface area contributed by atoms with Crippen molar-refractivity contribution in [2.75, 3.05) is 13.7 Å². The molecule has 2 saturated carbocycles. The van der Waals surface area contributed by atoms with Crippen LogP contribution in [-0.4, -0.2) is 29.8 Å². The molecule has 0 aromatic heterocycles. The minimum atomic E-state index is -0.997. The molecule has 0 radical (unpaired) electrons. The van der Waals surface area contributed by atoms with Gasteiger partial charge in [-0.15, -0.1) is 0 Å². The van der Waals surface area contributed by atoms with Crippen molar-refractivity contribution < 1.29 is 15.0 Å². The Morgan fingerprint density at radius 3 is 2.09 bits per heavy atom. The van der Waals surface area contributed by atoms with Gasteiger partial charge in [-0.25, -0.2) is 0 Å². The van der Waals surface area contributed by atoms with Crippen molar-refractivity contribution in [3.05, 3.63) is 35.9 Å². The van der Waals surface area contributed by atoms with E-state index in [1.807, 2.05) is 0 Å². The zero-order valence-corrected chi connectivity index (χ0v) is 13.4. The Morgan fingerprint density at radius 1 is 1.14 bits per heavy atom. The maximum Gasteiger partial charge on any atom is 0.313 e. The molecule has 2 fully saturated rings. The molecule has 0 saturated heterocycles. The molecule has 3 atom stereocenters. The molecule has 124 valence electrons. The summed E-state index contributed by atoms with van der Waals surface area (Å²) in [6, 6.07) is 8.69. The van der Waals surface area contributed by atoms with Crippen molar-refractivity contribution in [2.45, 2.75) is 44.4 Å². The van der Waals surface area contributed by atoms with Crippen LogP contribution in [0.1, 0.15) is 50.0 Å². The Balaban J connectivity index is 0.000000208. The summed E-state index contributed by atoms with van der Waals surface area (Å²) in [5.74, 6) is 0.525. The highest BCUT2D eigenvalue weighted by Crippen LogP contribution is 2.41. The van der Waals surface area contributed by atoms with Crippen LogP contribution in [0.4, 0.5) is 0 Å². The van der Waals surface area contributed by atoms with E-state index >= 15 is 0 Å². The van der Waals surface area contributed by atoms with E-state index in [4.69, 9.17) is 10.2 Å². The van der Waals surface area contributed by atoms with Gasteiger partial charge in [-0.2, -0.15) is 0 Å². The maximum atomic E-state index is 10.6. The van der Waals surface area contributed by atoms with Gasteiger partial charge in [-0.1, -0.05) is 62.4 Å². The lowest BCUT2D eigenvalue weighted by Crippen LogP contribution is -2.15. The summed E-state index contributed by atoms with van der Waals surface area (Å²) >= 11 is 0. The van der Waals surface area contributed by atoms with E-state index in [2.05, 4.69) is 5.73 Å².